The summed E-state index contributed by atoms with van der Waals surface area (Å²) in [7, 11) is 0. The van der Waals surface area contributed by atoms with Gasteiger partial charge < -0.3 is 5.73 Å². The highest BCUT2D eigenvalue weighted by Crippen LogP contribution is 2.26. The fourth-order valence-corrected chi connectivity index (χ4v) is 3.28. The molecule has 1 aliphatic heterocycles. The third-order valence-electron chi connectivity index (χ3n) is 3.08. The molecule has 1 aromatic carbocycles. The molecule has 0 amide bonds. The van der Waals surface area contributed by atoms with Crippen molar-refractivity contribution in [2.24, 2.45) is 5.73 Å². The maximum Gasteiger partial charge on any atom is 0.0497 e. The average Bonchev–Trinajstić information content (AvgIpc) is 2.31. The molecule has 1 fully saturated rings. The summed E-state index contributed by atoms with van der Waals surface area (Å²) in [4.78, 5) is 2.52. The van der Waals surface area contributed by atoms with Crippen molar-refractivity contribution in [1.29, 1.82) is 0 Å². The van der Waals surface area contributed by atoms with Gasteiger partial charge in [-0.2, -0.15) is 11.8 Å². The Kier molecular flexibility index (Phi) is 4.27. The summed E-state index contributed by atoms with van der Waals surface area (Å²) in [6.07, 6.45) is 0. The van der Waals surface area contributed by atoms with E-state index in [0.717, 1.165) is 13.1 Å². The predicted molar refractivity (Wildman–Crippen MR) is 71.7 cm³/mol. The zero-order valence-electron chi connectivity index (χ0n) is 9.80. The monoisotopic (exact) mass is 236 g/mol. The van der Waals surface area contributed by atoms with Crippen LogP contribution >= 0.6 is 11.8 Å². The molecule has 2 unspecified atom stereocenters. The molecule has 2 atom stereocenters. The lowest BCUT2D eigenvalue weighted by Crippen LogP contribution is -2.43. The molecule has 1 saturated heterocycles. The molecule has 0 radical (unpaired) electrons. The normalized spacial score (nSPS) is 21.6. The van der Waals surface area contributed by atoms with E-state index in [1.54, 1.807) is 0 Å². The van der Waals surface area contributed by atoms with Crippen molar-refractivity contribution in [3.63, 3.8) is 0 Å². The van der Waals surface area contributed by atoms with Gasteiger partial charge in [0.2, 0.25) is 0 Å². The summed E-state index contributed by atoms with van der Waals surface area (Å²) in [5, 5.41) is 0. The van der Waals surface area contributed by atoms with Crippen molar-refractivity contribution < 1.29 is 0 Å². The second-order valence-corrected chi connectivity index (χ2v) is 5.59. The lowest BCUT2D eigenvalue weighted by atomic mass is 9.99. The van der Waals surface area contributed by atoms with Gasteiger partial charge in [0.1, 0.15) is 0 Å². The predicted octanol–water partition coefficient (Wildman–Crippen LogP) is 2.12. The van der Waals surface area contributed by atoms with Crippen molar-refractivity contribution in [2.45, 2.75) is 19.0 Å². The zero-order valence-corrected chi connectivity index (χ0v) is 10.6. The van der Waals surface area contributed by atoms with E-state index < -0.39 is 0 Å². The van der Waals surface area contributed by atoms with Crippen molar-refractivity contribution >= 4 is 11.8 Å². The van der Waals surface area contributed by atoms with Gasteiger partial charge in [-0.25, -0.2) is 0 Å². The van der Waals surface area contributed by atoms with Crippen molar-refractivity contribution in [1.82, 2.24) is 4.90 Å². The van der Waals surface area contributed by atoms with Crippen LogP contribution in [0.15, 0.2) is 30.3 Å². The Morgan fingerprint density at radius 1 is 1.19 bits per heavy atom. The number of thioether (sulfide) groups is 1. The molecule has 2 nitrogen and oxygen atoms in total. The van der Waals surface area contributed by atoms with Gasteiger partial charge in [0.15, 0.2) is 0 Å². The molecule has 16 heavy (non-hydrogen) atoms. The molecule has 2 N–H and O–H groups in total. The minimum absolute atomic E-state index is 0.186. The van der Waals surface area contributed by atoms with Crippen LogP contribution < -0.4 is 5.73 Å². The maximum absolute atomic E-state index is 6.15. The van der Waals surface area contributed by atoms with Crippen molar-refractivity contribution in [3.8, 4) is 0 Å². The van der Waals surface area contributed by atoms with Crippen LogP contribution in [0.2, 0.25) is 0 Å². The molecule has 1 heterocycles. The van der Waals surface area contributed by atoms with E-state index >= 15 is 0 Å². The molecule has 3 heteroatoms. The van der Waals surface area contributed by atoms with Crippen LogP contribution in [-0.4, -0.2) is 35.5 Å². The lowest BCUT2D eigenvalue weighted by molar-refractivity contribution is 0.195. The topological polar surface area (TPSA) is 29.3 Å². The van der Waals surface area contributed by atoms with Gasteiger partial charge in [0.05, 0.1) is 0 Å². The fourth-order valence-electron chi connectivity index (χ4n) is 2.35. The highest BCUT2D eigenvalue weighted by atomic mass is 32.2. The van der Waals surface area contributed by atoms with Gasteiger partial charge in [-0.15, -0.1) is 0 Å². The number of nitrogens with two attached hydrogens (primary N) is 1. The van der Waals surface area contributed by atoms with Crippen molar-refractivity contribution in [3.05, 3.63) is 35.9 Å². The maximum atomic E-state index is 6.15. The van der Waals surface area contributed by atoms with E-state index in [0.29, 0.717) is 6.04 Å². The van der Waals surface area contributed by atoms with Crippen LogP contribution in [0, 0.1) is 0 Å². The molecule has 1 aliphatic rings. The molecule has 88 valence electrons. The Bertz CT molecular complexity index is 307. The van der Waals surface area contributed by atoms with Gasteiger partial charge in [-0.1, -0.05) is 30.3 Å². The number of nitrogens with zero attached hydrogens (tertiary/aromatic N) is 1. The van der Waals surface area contributed by atoms with Crippen LogP contribution in [0.1, 0.15) is 18.5 Å². The van der Waals surface area contributed by atoms with E-state index in [1.807, 2.05) is 11.8 Å². The molecule has 0 aliphatic carbocycles. The molecule has 2 rings (SSSR count). The Morgan fingerprint density at radius 2 is 1.81 bits per heavy atom. The molecule has 0 aromatic heterocycles. The second kappa shape index (κ2) is 5.71. The van der Waals surface area contributed by atoms with Crippen LogP contribution in [0.25, 0.3) is 0 Å². The van der Waals surface area contributed by atoms with E-state index in [9.17, 15) is 0 Å². The first-order chi connectivity index (χ1) is 7.79. The number of hydrogen-bond acceptors (Lipinski definition) is 3. The van der Waals surface area contributed by atoms with E-state index in [1.165, 1.54) is 17.1 Å². The minimum atomic E-state index is 0.186. The summed E-state index contributed by atoms with van der Waals surface area (Å²) < 4.78 is 0. The molecule has 1 aromatic rings. The Balaban J connectivity index is 2.16. The summed E-state index contributed by atoms with van der Waals surface area (Å²) in [5.41, 5.74) is 7.50. The quantitative estimate of drug-likeness (QED) is 0.871. The third kappa shape index (κ3) is 2.78. The van der Waals surface area contributed by atoms with Crippen LogP contribution in [-0.2, 0) is 0 Å². The number of benzene rings is 1. The summed E-state index contributed by atoms with van der Waals surface area (Å²) in [6.45, 7) is 4.43. The Hall–Kier alpha value is -0.510. The van der Waals surface area contributed by atoms with Gasteiger partial charge >= 0.3 is 0 Å². The first kappa shape index (κ1) is 12.0. The first-order valence-electron chi connectivity index (χ1n) is 5.91. The zero-order chi connectivity index (χ0) is 11.4. The van der Waals surface area contributed by atoms with Crippen LogP contribution in [0.5, 0.6) is 0 Å². The van der Waals surface area contributed by atoms with Crippen LogP contribution in [0.3, 0.4) is 0 Å². The Labute approximate surface area is 102 Å². The highest BCUT2D eigenvalue weighted by Gasteiger charge is 2.25. The highest BCUT2D eigenvalue weighted by molar-refractivity contribution is 7.99. The Morgan fingerprint density at radius 3 is 2.38 bits per heavy atom. The van der Waals surface area contributed by atoms with E-state index in [2.05, 4.69) is 42.2 Å². The molecular weight excluding hydrogens is 216 g/mol. The summed E-state index contributed by atoms with van der Waals surface area (Å²) in [6, 6.07) is 11.2. The first-order valence-corrected chi connectivity index (χ1v) is 7.07. The van der Waals surface area contributed by atoms with Crippen molar-refractivity contribution in [2.75, 3.05) is 24.6 Å². The minimum Gasteiger partial charge on any atom is -0.326 e. The third-order valence-corrected chi connectivity index (χ3v) is 4.02. The standard InChI is InChI=1S/C13H20N2S/c1-11(14)13(12-5-3-2-4-6-12)15-7-9-16-10-8-15/h2-6,11,13H,7-10,14H2,1H3. The largest absolute Gasteiger partial charge is 0.326 e. The molecule has 0 spiro atoms. The number of hydrogen-bond donors (Lipinski definition) is 1. The van der Waals surface area contributed by atoms with E-state index in [4.69, 9.17) is 5.73 Å². The van der Waals surface area contributed by atoms with Gasteiger partial charge in [-0.3, -0.25) is 4.90 Å². The molecule has 0 bridgehead atoms. The summed E-state index contributed by atoms with van der Waals surface area (Å²) in [5.74, 6) is 2.46. The molecule has 0 saturated carbocycles. The summed E-state index contributed by atoms with van der Waals surface area (Å²) >= 11 is 2.04. The lowest BCUT2D eigenvalue weighted by Gasteiger charge is -2.36. The second-order valence-electron chi connectivity index (χ2n) is 4.36. The molecular formula is C13H20N2S. The van der Waals surface area contributed by atoms with Gasteiger partial charge in [0.25, 0.3) is 0 Å². The SMILES string of the molecule is CC(N)C(c1ccccc1)N1CCSCC1. The fraction of sp³-hybridized carbons (Fsp3) is 0.538. The smallest absolute Gasteiger partial charge is 0.0497 e. The average molecular weight is 236 g/mol. The number of rotatable bonds is 3. The van der Waals surface area contributed by atoms with Crippen LogP contribution in [0.4, 0.5) is 0 Å². The van der Waals surface area contributed by atoms with Gasteiger partial charge in [-0.05, 0) is 12.5 Å². The van der Waals surface area contributed by atoms with E-state index in [-0.39, 0.29) is 6.04 Å². The van der Waals surface area contributed by atoms with Gasteiger partial charge in [0, 0.05) is 36.7 Å².